The molecule has 0 bridgehead atoms. The molecule has 0 unspecified atom stereocenters. The normalized spacial score (nSPS) is 14.2. The molecule has 0 aliphatic carbocycles. The third-order valence-corrected chi connectivity index (χ3v) is 6.00. The smallest absolute Gasteiger partial charge is 0.264 e. The van der Waals surface area contributed by atoms with Crippen molar-refractivity contribution in [2.75, 3.05) is 36.9 Å². The molecule has 0 saturated carbocycles. The summed E-state index contributed by atoms with van der Waals surface area (Å²) in [6.07, 6.45) is 3.78. The molecule has 5 nitrogen and oxygen atoms in total. The molecule has 2 heterocycles. The molecule has 1 N–H and O–H groups in total. The minimum Gasteiger partial charge on any atom is -0.372 e. The monoisotopic (exact) mass is 435 g/mol. The maximum Gasteiger partial charge on any atom is 0.264 e. The van der Waals surface area contributed by atoms with Crippen molar-refractivity contribution in [1.82, 2.24) is 4.90 Å². The lowest BCUT2D eigenvalue weighted by Crippen LogP contribution is -2.34. The molecule has 138 valence electrons. The molecule has 0 spiro atoms. The standard InChI is InChI=1S/C19H22BrN3O2S/c1-22(19(25)16-9-10-17(20)26-16)13-18(24)21-14-5-7-15(8-6-14)23-11-3-2-4-12-23/h5-10H,2-4,11-13H2,1H3,(H,21,24). The van der Waals surface area contributed by atoms with Crippen LogP contribution in [0.1, 0.15) is 28.9 Å². The fraction of sp³-hybridized carbons (Fsp3) is 0.368. The van der Waals surface area contributed by atoms with Crippen LogP contribution in [0.2, 0.25) is 0 Å². The first-order valence-electron chi connectivity index (χ1n) is 8.68. The van der Waals surface area contributed by atoms with E-state index >= 15 is 0 Å². The number of rotatable bonds is 5. The predicted octanol–water partition coefficient (Wildman–Crippen LogP) is 4.21. The lowest BCUT2D eigenvalue weighted by molar-refractivity contribution is -0.116. The highest BCUT2D eigenvalue weighted by molar-refractivity contribution is 9.11. The molecule has 26 heavy (non-hydrogen) atoms. The van der Waals surface area contributed by atoms with E-state index < -0.39 is 0 Å². The number of nitrogens with zero attached hydrogens (tertiary/aromatic N) is 2. The van der Waals surface area contributed by atoms with Gasteiger partial charge in [0.25, 0.3) is 5.91 Å². The molecule has 0 radical (unpaired) electrons. The predicted molar refractivity (Wildman–Crippen MR) is 110 cm³/mol. The first-order chi connectivity index (χ1) is 12.5. The third kappa shape index (κ3) is 4.86. The van der Waals surface area contributed by atoms with Gasteiger partial charge in [0.1, 0.15) is 0 Å². The molecule has 0 atom stereocenters. The van der Waals surface area contributed by atoms with Crippen LogP contribution in [0.15, 0.2) is 40.2 Å². The highest BCUT2D eigenvalue weighted by atomic mass is 79.9. The molecule has 3 rings (SSSR count). The van der Waals surface area contributed by atoms with Gasteiger partial charge in [0.2, 0.25) is 5.91 Å². The number of piperidine rings is 1. The lowest BCUT2D eigenvalue weighted by atomic mass is 10.1. The van der Waals surface area contributed by atoms with Gasteiger partial charge in [-0.3, -0.25) is 9.59 Å². The molecule has 1 saturated heterocycles. The molecule has 1 aliphatic rings. The number of amides is 2. The minimum absolute atomic E-state index is 0.0161. The molecule has 1 aromatic heterocycles. The van der Waals surface area contributed by atoms with Crippen molar-refractivity contribution < 1.29 is 9.59 Å². The van der Waals surface area contributed by atoms with Crippen molar-refractivity contribution in [1.29, 1.82) is 0 Å². The summed E-state index contributed by atoms with van der Waals surface area (Å²) in [4.78, 5) is 28.9. The van der Waals surface area contributed by atoms with Crippen LogP contribution in [0, 0.1) is 0 Å². The molecule has 2 aromatic rings. The van der Waals surface area contributed by atoms with Crippen LogP contribution < -0.4 is 10.2 Å². The second kappa shape index (κ2) is 8.68. The van der Waals surface area contributed by atoms with E-state index in [9.17, 15) is 9.59 Å². The summed E-state index contributed by atoms with van der Waals surface area (Å²) < 4.78 is 0.896. The number of anilines is 2. The Labute approximate surface area is 166 Å². The van der Waals surface area contributed by atoms with Crippen LogP contribution >= 0.6 is 27.3 Å². The Kier molecular flexibility index (Phi) is 6.32. The minimum atomic E-state index is -0.206. The van der Waals surface area contributed by atoms with E-state index in [-0.39, 0.29) is 18.4 Å². The fourth-order valence-electron chi connectivity index (χ4n) is 3.01. The van der Waals surface area contributed by atoms with Crippen LogP contribution in [0.3, 0.4) is 0 Å². The maximum absolute atomic E-state index is 12.3. The van der Waals surface area contributed by atoms with Gasteiger partial charge in [-0.15, -0.1) is 11.3 Å². The van der Waals surface area contributed by atoms with Crippen molar-refractivity contribution in [3.05, 3.63) is 45.1 Å². The van der Waals surface area contributed by atoms with Gasteiger partial charge in [0.05, 0.1) is 15.2 Å². The number of carbonyl (C=O) groups is 2. The highest BCUT2D eigenvalue weighted by Gasteiger charge is 2.17. The number of nitrogens with one attached hydrogen (secondary N) is 1. The number of likely N-dealkylation sites (N-methyl/N-ethyl adjacent to an activating group) is 1. The largest absolute Gasteiger partial charge is 0.372 e. The van der Waals surface area contributed by atoms with Gasteiger partial charge < -0.3 is 15.1 Å². The zero-order valence-corrected chi connectivity index (χ0v) is 17.1. The van der Waals surface area contributed by atoms with Crippen molar-refractivity contribution in [3.8, 4) is 0 Å². The van der Waals surface area contributed by atoms with E-state index in [2.05, 4.69) is 26.1 Å². The first-order valence-corrected chi connectivity index (χ1v) is 10.3. The molecular weight excluding hydrogens is 414 g/mol. The summed E-state index contributed by atoms with van der Waals surface area (Å²) in [5.41, 5.74) is 1.94. The van der Waals surface area contributed by atoms with Gasteiger partial charge in [0, 0.05) is 31.5 Å². The van der Waals surface area contributed by atoms with Gasteiger partial charge in [-0.2, -0.15) is 0 Å². The molecule has 1 aromatic carbocycles. The lowest BCUT2D eigenvalue weighted by Gasteiger charge is -2.28. The average molecular weight is 436 g/mol. The topological polar surface area (TPSA) is 52.7 Å². The average Bonchev–Trinajstić information content (AvgIpc) is 3.08. The Bertz CT molecular complexity index is 769. The molecular formula is C19H22BrN3O2S. The van der Waals surface area contributed by atoms with E-state index in [1.165, 1.54) is 41.2 Å². The van der Waals surface area contributed by atoms with Crippen LogP contribution in [0.4, 0.5) is 11.4 Å². The zero-order valence-electron chi connectivity index (χ0n) is 14.7. The molecule has 7 heteroatoms. The summed E-state index contributed by atoms with van der Waals surface area (Å²) in [6, 6.07) is 11.5. The van der Waals surface area contributed by atoms with Crippen molar-refractivity contribution >= 4 is 50.5 Å². The van der Waals surface area contributed by atoms with Crippen molar-refractivity contribution in [2.45, 2.75) is 19.3 Å². The van der Waals surface area contributed by atoms with Crippen LogP contribution in [-0.4, -0.2) is 43.4 Å². The second-order valence-electron chi connectivity index (χ2n) is 6.41. The highest BCUT2D eigenvalue weighted by Crippen LogP contribution is 2.23. The van der Waals surface area contributed by atoms with E-state index in [0.717, 1.165) is 22.6 Å². The maximum atomic E-state index is 12.3. The summed E-state index contributed by atoms with van der Waals surface area (Å²) in [5.74, 6) is -0.363. The number of halogens is 1. The Balaban J connectivity index is 1.53. The number of thiophene rings is 1. The Morgan fingerprint density at radius 3 is 2.42 bits per heavy atom. The van der Waals surface area contributed by atoms with Gasteiger partial charge in [-0.1, -0.05) is 0 Å². The summed E-state index contributed by atoms with van der Waals surface area (Å²) in [5, 5.41) is 2.86. The van der Waals surface area contributed by atoms with Gasteiger partial charge in [0.15, 0.2) is 0 Å². The van der Waals surface area contributed by atoms with E-state index in [1.807, 2.05) is 30.3 Å². The summed E-state index contributed by atoms with van der Waals surface area (Å²) in [7, 11) is 1.63. The fourth-order valence-corrected chi connectivity index (χ4v) is 4.39. The first kappa shape index (κ1) is 18.9. The SMILES string of the molecule is CN(CC(=O)Nc1ccc(N2CCCCC2)cc1)C(=O)c1ccc(Br)s1. The summed E-state index contributed by atoms with van der Waals surface area (Å²) in [6.45, 7) is 2.21. The molecule has 1 aliphatic heterocycles. The van der Waals surface area contributed by atoms with E-state index in [0.29, 0.717) is 4.88 Å². The van der Waals surface area contributed by atoms with Crippen molar-refractivity contribution in [2.24, 2.45) is 0 Å². The van der Waals surface area contributed by atoms with Crippen molar-refractivity contribution in [3.63, 3.8) is 0 Å². The number of benzene rings is 1. The molecule has 1 fully saturated rings. The quantitative estimate of drug-likeness (QED) is 0.764. The molecule has 2 amide bonds. The van der Waals surface area contributed by atoms with Gasteiger partial charge >= 0.3 is 0 Å². The number of hydrogen-bond donors (Lipinski definition) is 1. The third-order valence-electron chi connectivity index (χ3n) is 4.38. The van der Waals surface area contributed by atoms with E-state index in [4.69, 9.17) is 0 Å². The van der Waals surface area contributed by atoms with Gasteiger partial charge in [-0.05, 0) is 71.6 Å². The zero-order chi connectivity index (χ0) is 18.5. The Morgan fingerprint density at radius 2 is 1.81 bits per heavy atom. The Morgan fingerprint density at radius 1 is 1.12 bits per heavy atom. The second-order valence-corrected chi connectivity index (χ2v) is 8.87. The van der Waals surface area contributed by atoms with E-state index in [1.54, 1.807) is 13.1 Å². The number of carbonyl (C=O) groups excluding carboxylic acids is 2. The van der Waals surface area contributed by atoms with Crippen LogP contribution in [-0.2, 0) is 4.79 Å². The Hall–Kier alpha value is -1.86. The van der Waals surface area contributed by atoms with Crippen LogP contribution in [0.5, 0.6) is 0 Å². The van der Waals surface area contributed by atoms with Crippen LogP contribution in [0.25, 0.3) is 0 Å². The summed E-state index contributed by atoms with van der Waals surface area (Å²) >= 11 is 4.70. The number of hydrogen-bond acceptors (Lipinski definition) is 4. The van der Waals surface area contributed by atoms with Gasteiger partial charge in [-0.25, -0.2) is 0 Å².